The van der Waals surface area contributed by atoms with Crippen molar-refractivity contribution in [3.63, 3.8) is 0 Å². The van der Waals surface area contributed by atoms with Gasteiger partial charge in [-0.15, -0.1) is 0 Å². The lowest BCUT2D eigenvalue weighted by Crippen LogP contribution is -2.27. The van der Waals surface area contributed by atoms with Gasteiger partial charge in [-0.1, -0.05) is 26.2 Å². The van der Waals surface area contributed by atoms with Crippen molar-refractivity contribution in [3.8, 4) is 0 Å². The number of nitrogens with one attached hydrogen (secondary N) is 1. The summed E-state index contributed by atoms with van der Waals surface area (Å²) < 4.78 is 0. The third-order valence-corrected chi connectivity index (χ3v) is 5.67. The van der Waals surface area contributed by atoms with E-state index in [2.05, 4.69) is 24.0 Å². The first-order valence-corrected chi connectivity index (χ1v) is 8.21. The lowest BCUT2D eigenvalue weighted by Gasteiger charge is -2.24. The molecule has 2 unspecified atom stereocenters. The molecule has 2 heteroatoms. The van der Waals surface area contributed by atoms with Crippen LogP contribution >= 0.6 is 11.8 Å². The second kappa shape index (κ2) is 6.90. The third kappa shape index (κ3) is 3.96. The van der Waals surface area contributed by atoms with Gasteiger partial charge in [0.1, 0.15) is 0 Å². The average Bonchev–Trinajstić information content (AvgIpc) is 2.75. The van der Waals surface area contributed by atoms with E-state index in [0.29, 0.717) is 0 Å². The minimum Gasteiger partial charge on any atom is -0.314 e. The van der Waals surface area contributed by atoms with E-state index < -0.39 is 0 Å². The minimum atomic E-state index is 0.834. The van der Waals surface area contributed by atoms with Crippen molar-refractivity contribution in [3.05, 3.63) is 0 Å². The summed E-state index contributed by atoms with van der Waals surface area (Å²) >= 11 is 2.33. The van der Waals surface area contributed by atoms with Crippen molar-refractivity contribution < 1.29 is 0 Å². The first-order chi connectivity index (χ1) is 7.88. The first-order valence-electron chi connectivity index (χ1n) is 7.27. The molecule has 16 heavy (non-hydrogen) atoms. The van der Waals surface area contributed by atoms with Gasteiger partial charge in [-0.2, -0.15) is 11.8 Å². The summed E-state index contributed by atoms with van der Waals surface area (Å²) in [4.78, 5) is 0. The topological polar surface area (TPSA) is 12.0 Å². The maximum Gasteiger partial charge on any atom is 0.00779 e. The van der Waals surface area contributed by atoms with E-state index in [0.717, 1.165) is 16.5 Å². The van der Waals surface area contributed by atoms with Crippen molar-refractivity contribution in [1.82, 2.24) is 5.32 Å². The second-order valence-corrected chi connectivity index (χ2v) is 7.09. The van der Waals surface area contributed by atoms with Crippen LogP contribution in [0.3, 0.4) is 0 Å². The average molecular weight is 241 g/mol. The molecule has 2 atom stereocenters. The molecule has 2 aliphatic carbocycles. The van der Waals surface area contributed by atoms with Gasteiger partial charge in [0.2, 0.25) is 0 Å². The molecule has 0 aromatic heterocycles. The van der Waals surface area contributed by atoms with Crippen LogP contribution in [-0.2, 0) is 0 Å². The summed E-state index contributed by atoms with van der Waals surface area (Å²) in [5.74, 6) is 0. The Balaban J connectivity index is 1.63. The summed E-state index contributed by atoms with van der Waals surface area (Å²) in [6.07, 6.45) is 13.0. The molecule has 0 saturated heterocycles. The largest absolute Gasteiger partial charge is 0.314 e. The zero-order chi connectivity index (χ0) is 11.2. The van der Waals surface area contributed by atoms with E-state index in [4.69, 9.17) is 0 Å². The Morgan fingerprint density at radius 3 is 2.56 bits per heavy atom. The summed E-state index contributed by atoms with van der Waals surface area (Å²) in [7, 11) is 0. The fourth-order valence-corrected chi connectivity index (χ4v) is 4.84. The molecule has 2 aliphatic rings. The predicted molar refractivity (Wildman–Crippen MR) is 74.2 cm³/mol. The highest BCUT2D eigenvalue weighted by Gasteiger charge is 2.27. The van der Waals surface area contributed by atoms with Gasteiger partial charge >= 0.3 is 0 Å². The second-order valence-electron chi connectivity index (χ2n) is 5.48. The lowest BCUT2D eigenvalue weighted by atomic mass is 10.0. The molecule has 0 radical (unpaired) electrons. The maximum absolute atomic E-state index is 3.69. The maximum atomic E-state index is 3.69. The summed E-state index contributed by atoms with van der Waals surface area (Å²) in [6.45, 7) is 3.47. The van der Waals surface area contributed by atoms with Crippen molar-refractivity contribution in [1.29, 1.82) is 0 Å². The number of rotatable bonds is 5. The van der Waals surface area contributed by atoms with Crippen molar-refractivity contribution in [2.45, 2.75) is 81.3 Å². The van der Waals surface area contributed by atoms with Gasteiger partial charge in [0.25, 0.3) is 0 Å². The molecule has 2 saturated carbocycles. The zero-order valence-corrected chi connectivity index (χ0v) is 11.5. The van der Waals surface area contributed by atoms with Crippen molar-refractivity contribution in [2.24, 2.45) is 0 Å². The SMILES string of the molecule is CCCNC1CCC(SC2CCCCC2)C1. The molecule has 94 valence electrons. The lowest BCUT2D eigenvalue weighted by molar-refractivity contribution is 0.512. The minimum absolute atomic E-state index is 0.834. The molecule has 0 heterocycles. The Labute approximate surface area is 105 Å². The molecule has 1 N–H and O–H groups in total. The quantitative estimate of drug-likeness (QED) is 0.781. The number of hydrogen-bond acceptors (Lipinski definition) is 2. The van der Waals surface area contributed by atoms with Crippen LogP contribution in [-0.4, -0.2) is 23.1 Å². The van der Waals surface area contributed by atoms with E-state index in [1.165, 1.54) is 64.3 Å². The fraction of sp³-hybridized carbons (Fsp3) is 1.00. The first kappa shape index (κ1) is 12.8. The summed E-state index contributed by atoms with van der Waals surface area (Å²) in [6, 6.07) is 0.834. The molecule has 0 bridgehead atoms. The van der Waals surface area contributed by atoms with E-state index in [9.17, 15) is 0 Å². The molecule has 2 fully saturated rings. The van der Waals surface area contributed by atoms with Crippen LogP contribution in [0.25, 0.3) is 0 Å². The van der Waals surface area contributed by atoms with Crippen molar-refractivity contribution in [2.75, 3.05) is 6.54 Å². The van der Waals surface area contributed by atoms with Gasteiger partial charge in [-0.05, 0) is 45.1 Å². The molecular formula is C14H27NS. The molecule has 0 aromatic rings. The Hall–Kier alpha value is 0.310. The summed E-state index contributed by atoms with van der Waals surface area (Å²) in [5, 5.41) is 5.66. The van der Waals surface area contributed by atoms with Gasteiger partial charge < -0.3 is 5.32 Å². The van der Waals surface area contributed by atoms with Crippen LogP contribution < -0.4 is 5.32 Å². The van der Waals surface area contributed by atoms with E-state index in [1.54, 1.807) is 0 Å². The molecule has 0 amide bonds. The highest BCUT2D eigenvalue weighted by molar-refractivity contribution is 8.00. The monoisotopic (exact) mass is 241 g/mol. The fourth-order valence-electron chi connectivity index (χ4n) is 3.07. The molecule has 1 nitrogen and oxygen atoms in total. The summed E-state index contributed by atoms with van der Waals surface area (Å²) in [5.41, 5.74) is 0. The van der Waals surface area contributed by atoms with Gasteiger partial charge in [0, 0.05) is 16.5 Å². The Bertz CT molecular complexity index is 189. The molecule has 0 aliphatic heterocycles. The highest BCUT2D eigenvalue weighted by atomic mass is 32.2. The van der Waals surface area contributed by atoms with E-state index in [1.807, 2.05) is 0 Å². The molecular weight excluding hydrogens is 214 g/mol. The highest BCUT2D eigenvalue weighted by Crippen LogP contribution is 2.37. The van der Waals surface area contributed by atoms with Crippen LogP contribution in [0, 0.1) is 0 Å². The smallest absolute Gasteiger partial charge is 0.00779 e. The number of hydrogen-bond donors (Lipinski definition) is 1. The van der Waals surface area contributed by atoms with Crippen LogP contribution in [0.4, 0.5) is 0 Å². The van der Waals surface area contributed by atoms with E-state index in [-0.39, 0.29) is 0 Å². The standard InChI is InChI=1S/C14H27NS/c1-2-10-15-12-8-9-14(11-12)16-13-6-4-3-5-7-13/h12-15H,2-11H2,1H3. The normalized spacial score (nSPS) is 32.1. The number of thioether (sulfide) groups is 1. The molecule has 0 aromatic carbocycles. The van der Waals surface area contributed by atoms with Crippen molar-refractivity contribution >= 4 is 11.8 Å². The zero-order valence-electron chi connectivity index (χ0n) is 10.7. The van der Waals surface area contributed by atoms with Crippen LogP contribution in [0.15, 0.2) is 0 Å². The Morgan fingerprint density at radius 2 is 1.81 bits per heavy atom. The van der Waals surface area contributed by atoms with Gasteiger partial charge in [0.05, 0.1) is 0 Å². The molecule has 2 rings (SSSR count). The van der Waals surface area contributed by atoms with E-state index >= 15 is 0 Å². The van der Waals surface area contributed by atoms with Crippen LogP contribution in [0.1, 0.15) is 64.7 Å². The van der Waals surface area contributed by atoms with Gasteiger partial charge in [-0.25, -0.2) is 0 Å². The Kier molecular flexibility index (Phi) is 5.51. The van der Waals surface area contributed by atoms with Gasteiger partial charge in [0.15, 0.2) is 0 Å². The predicted octanol–water partition coefficient (Wildman–Crippen LogP) is 3.97. The Morgan fingerprint density at radius 1 is 1.00 bits per heavy atom. The van der Waals surface area contributed by atoms with Gasteiger partial charge in [-0.3, -0.25) is 0 Å². The van der Waals surface area contributed by atoms with Crippen LogP contribution in [0.5, 0.6) is 0 Å². The van der Waals surface area contributed by atoms with Crippen LogP contribution in [0.2, 0.25) is 0 Å². The molecule has 0 spiro atoms. The third-order valence-electron chi connectivity index (χ3n) is 4.00.